The van der Waals surface area contributed by atoms with Crippen molar-refractivity contribution in [3.05, 3.63) is 42.1 Å². The van der Waals surface area contributed by atoms with Gasteiger partial charge in [-0.3, -0.25) is 4.79 Å². The normalized spacial score (nSPS) is 25.5. The molecule has 1 aromatic carbocycles. The van der Waals surface area contributed by atoms with Crippen molar-refractivity contribution in [3.63, 3.8) is 0 Å². The van der Waals surface area contributed by atoms with E-state index in [1.165, 1.54) is 12.1 Å². The second-order valence-electron chi connectivity index (χ2n) is 8.24. The quantitative estimate of drug-likeness (QED) is 0.719. The summed E-state index contributed by atoms with van der Waals surface area (Å²) in [6.45, 7) is 2.84. The molecule has 7 heteroatoms. The van der Waals surface area contributed by atoms with Crippen molar-refractivity contribution in [2.45, 2.75) is 73.0 Å². The van der Waals surface area contributed by atoms with Gasteiger partial charge in [0.05, 0.1) is 12.3 Å². The number of fused-ring (bicyclic) bond motifs is 3. The first-order chi connectivity index (χ1) is 13.5. The van der Waals surface area contributed by atoms with Crippen LogP contribution in [0.3, 0.4) is 0 Å². The second kappa shape index (κ2) is 9.20. The monoisotopic (exact) mass is 430 g/mol. The van der Waals surface area contributed by atoms with Crippen LogP contribution in [-0.2, 0) is 11.2 Å². The van der Waals surface area contributed by atoms with Crippen LogP contribution in [0.1, 0.15) is 60.7 Å². The van der Waals surface area contributed by atoms with E-state index in [1.807, 2.05) is 6.92 Å². The first-order valence-corrected chi connectivity index (χ1v) is 9.88. The Morgan fingerprint density at radius 3 is 2.65 bits per heavy atom. The molecular formula is C24H35FN4O2. The number of hydrogen-bond donors (Lipinski definition) is 1. The Balaban J connectivity index is 0.00000114. The van der Waals surface area contributed by atoms with Gasteiger partial charge in [0.25, 0.3) is 0 Å². The lowest BCUT2D eigenvalue weighted by Crippen LogP contribution is -2.54. The Bertz CT molecular complexity index is 914. The highest BCUT2D eigenvalue weighted by Gasteiger charge is 2.48. The van der Waals surface area contributed by atoms with Gasteiger partial charge in [0.15, 0.2) is 5.82 Å². The number of ether oxygens (including phenoxy) is 1. The van der Waals surface area contributed by atoms with Crippen molar-refractivity contribution < 1.29 is 13.9 Å². The first-order valence-electron chi connectivity index (χ1n) is 9.88. The topological polar surface area (TPSA) is 67.3 Å². The van der Waals surface area contributed by atoms with E-state index in [0.717, 1.165) is 50.3 Å². The Morgan fingerprint density at radius 1 is 1.23 bits per heavy atom. The summed E-state index contributed by atoms with van der Waals surface area (Å²) in [5.74, 6) is 2.63. The molecule has 0 bridgehead atoms. The number of nitrogens with zero attached hydrogens (tertiary/aromatic N) is 3. The van der Waals surface area contributed by atoms with Gasteiger partial charge in [-0.1, -0.05) is 22.3 Å². The molecule has 3 heterocycles. The van der Waals surface area contributed by atoms with E-state index in [1.54, 1.807) is 18.3 Å². The number of aromatic nitrogens is 2. The van der Waals surface area contributed by atoms with Crippen molar-refractivity contribution in [2.75, 3.05) is 16.8 Å². The summed E-state index contributed by atoms with van der Waals surface area (Å²) < 4.78 is 18.9. The van der Waals surface area contributed by atoms with Crippen LogP contribution in [0.2, 0.25) is 0 Å². The lowest BCUT2D eigenvalue weighted by molar-refractivity contribution is -0.120. The van der Waals surface area contributed by atoms with E-state index in [2.05, 4.69) is 15.2 Å². The maximum Gasteiger partial charge on any atom is 0.250 e. The molecule has 0 radical (unpaired) electrons. The predicted octanol–water partition coefficient (Wildman–Crippen LogP) is 5.24. The van der Waals surface area contributed by atoms with Crippen LogP contribution < -0.4 is 15.0 Å². The van der Waals surface area contributed by atoms with Crippen molar-refractivity contribution >= 4 is 17.4 Å². The number of halogens is 1. The fraction of sp³-hybridized carbons (Fsp3) is 0.542. The van der Waals surface area contributed by atoms with Crippen LogP contribution in [0.15, 0.2) is 30.5 Å². The Kier molecular flexibility index (Phi) is 7.29. The third kappa shape index (κ3) is 4.36. The summed E-state index contributed by atoms with van der Waals surface area (Å²) in [5, 5.41) is 2.97. The molecule has 1 aliphatic carbocycles. The van der Waals surface area contributed by atoms with Crippen molar-refractivity contribution in [2.24, 2.45) is 5.92 Å². The maximum atomic E-state index is 13.0. The Labute approximate surface area is 185 Å². The standard InChI is InChI=1S/C21H23FN4O2.3CH4/c1-21-7-2-8-26(21)19-17(24-20(21)27)12-23-18(25-19)11-13-9-16(10-13)28-15-5-3-14(22)4-6-15;;;/h3-6,12-13,16H,2,7-11H2,1H3,(H,24,27);3*1H4/t13?,16?,21-;;;/m1.../s1. The third-order valence-electron chi connectivity index (χ3n) is 6.23. The third-order valence-corrected chi connectivity index (χ3v) is 6.23. The maximum absolute atomic E-state index is 13.0. The molecule has 1 saturated carbocycles. The Hall–Kier alpha value is -2.70. The molecule has 2 aromatic rings. The molecule has 1 saturated heterocycles. The fourth-order valence-electron chi connectivity index (χ4n) is 4.50. The first kappa shape index (κ1) is 24.6. The SMILES string of the molecule is C.C.C.C[C@]12CCCN1c1nc(CC3CC(Oc4ccc(F)cc4)C3)ncc1NC2=O. The highest BCUT2D eigenvalue weighted by atomic mass is 19.1. The predicted molar refractivity (Wildman–Crippen MR) is 123 cm³/mol. The molecule has 5 rings (SSSR count). The molecule has 2 aliphatic heterocycles. The zero-order valence-electron chi connectivity index (χ0n) is 15.8. The van der Waals surface area contributed by atoms with E-state index in [0.29, 0.717) is 17.4 Å². The number of carbonyl (C=O) groups excluding carboxylic acids is 1. The van der Waals surface area contributed by atoms with Gasteiger partial charge in [-0.25, -0.2) is 14.4 Å². The number of anilines is 2. The van der Waals surface area contributed by atoms with Gasteiger partial charge in [-0.2, -0.15) is 0 Å². The summed E-state index contributed by atoms with van der Waals surface area (Å²) in [4.78, 5) is 23.8. The minimum absolute atomic E-state index is 0. The van der Waals surface area contributed by atoms with Gasteiger partial charge in [-0.05, 0) is 62.8 Å². The smallest absolute Gasteiger partial charge is 0.250 e. The van der Waals surface area contributed by atoms with E-state index >= 15 is 0 Å². The average molecular weight is 431 g/mol. The minimum Gasteiger partial charge on any atom is -0.490 e. The van der Waals surface area contributed by atoms with Crippen LogP contribution in [0, 0.1) is 11.7 Å². The van der Waals surface area contributed by atoms with Gasteiger partial charge in [0.2, 0.25) is 5.91 Å². The summed E-state index contributed by atoms with van der Waals surface area (Å²) in [7, 11) is 0. The molecule has 0 spiro atoms. The van der Waals surface area contributed by atoms with E-state index in [9.17, 15) is 9.18 Å². The molecule has 31 heavy (non-hydrogen) atoms. The number of amides is 1. The van der Waals surface area contributed by atoms with Gasteiger partial charge in [-0.15, -0.1) is 0 Å². The lowest BCUT2D eigenvalue weighted by Gasteiger charge is -2.40. The molecule has 3 aliphatic rings. The van der Waals surface area contributed by atoms with Crippen molar-refractivity contribution in [3.8, 4) is 5.75 Å². The van der Waals surface area contributed by atoms with E-state index < -0.39 is 5.54 Å². The molecule has 1 aromatic heterocycles. The van der Waals surface area contributed by atoms with Crippen LogP contribution in [0.5, 0.6) is 5.75 Å². The minimum atomic E-state index is -0.497. The molecule has 1 amide bonds. The number of benzene rings is 1. The van der Waals surface area contributed by atoms with Crippen LogP contribution in [0.4, 0.5) is 15.9 Å². The molecule has 1 N–H and O–H groups in total. The van der Waals surface area contributed by atoms with Crippen LogP contribution >= 0.6 is 0 Å². The van der Waals surface area contributed by atoms with Crippen LogP contribution in [-0.4, -0.2) is 34.1 Å². The number of rotatable bonds is 4. The van der Waals surface area contributed by atoms with E-state index in [4.69, 9.17) is 9.72 Å². The highest BCUT2D eigenvalue weighted by molar-refractivity contribution is 6.05. The molecule has 0 unspecified atom stereocenters. The van der Waals surface area contributed by atoms with Gasteiger partial charge < -0.3 is 15.0 Å². The van der Waals surface area contributed by atoms with Gasteiger partial charge in [0.1, 0.15) is 28.6 Å². The second-order valence-corrected chi connectivity index (χ2v) is 8.24. The lowest BCUT2D eigenvalue weighted by atomic mass is 9.80. The van der Waals surface area contributed by atoms with Crippen molar-refractivity contribution in [1.82, 2.24) is 9.97 Å². The number of carbonyl (C=O) groups is 1. The molecule has 2 fully saturated rings. The fourth-order valence-corrected chi connectivity index (χ4v) is 4.50. The van der Waals surface area contributed by atoms with Gasteiger partial charge in [0, 0.05) is 13.0 Å². The zero-order chi connectivity index (χ0) is 19.3. The summed E-state index contributed by atoms with van der Waals surface area (Å²) in [6, 6.07) is 6.15. The molecule has 170 valence electrons. The van der Waals surface area contributed by atoms with E-state index in [-0.39, 0.29) is 40.1 Å². The summed E-state index contributed by atoms with van der Waals surface area (Å²) >= 11 is 0. The number of nitrogens with one attached hydrogen (secondary N) is 1. The highest BCUT2D eigenvalue weighted by Crippen LogP contribution is 2.41. The molecule has 6 nitrogen and oxygen atoms in total. The summed E-state index contributed by atoms with van der Waals surface area (Å²) in [6.07, 6.45) is 6.42. The molecule has 1 atom stereocenters. The number of hydrogen-bond acceptors (Lipinski definition) is 5. The van der Waals surface area contributed by atoms with Gasteiger partial charge >= 0.3 is 0 Å². The zero-order valence-corrected chi connectivity index (χ0v) is 15.8. The Morgan fingerprint density at radius 2 is 1.94 bits per heavy atom. The van der Waals surface area contributed by atoms with Crippen molar-refractivity contribution in [1.29, 1.82) is 0 Å². The van der Waals surface area contributed by atoms with Crippen LogP contribution in [0.25, 0.3) is 0 Å². The largest absolute Gasteiger partial charge is 0.490 e. The molecular weight excluding hydrogens is 395 g/mol. The average Bonchev–Trinajstić information content (AvgIpc) is 3.06. The summed E-state index contributed by atoms with van der Waals surface area (Å²) in [5.41, 5.74) is 0.211.